The normalized spacial score (nSPS) is 22.9. The summed E-state index contributed by atoms with van der Waals surface area (Å²) in [5, 5.41) is 0.467. The van der Waals surface area contributed by atoms with Gasteiger partial charge in [-0.05, 0) is 39.1 Å². The minimum atomic E-state index is -0.262. The molecular formula is C15H23ClFN3. The summed E-state index contributed by atoms with van der Waals surface area (Å²) < 4.78 is 13.8. The average molecular weight is 300 g/mol. The first kappa shape index (κ1) is 15.7. The lowest BCUT2D eigenvalue weighted by Gasteiger charge is -2.38. The number of nitrogens with two attached hydrogens (primary N) is 1. The number of hydrogen-bond donors (Lipinski definition) is 1. The van der Waals surface area contributed by atoms with E-state index in [9.17, 15) is 4.39 Å². The molecule has 2 N–H and O–H groups in total. The van der Waals surface area contributed by atoms with Crippen LogP contribution in [0.5, 0.6) is 0 Å². The zero-order valence-electron chi connectivity index (χ0n) is 12.1. The van der Waals surface area contributed by atoms with Crippen LogP contribution in [0.3, 0.4) is 0 Å². The highest BCUT2D eigenvalue weighted by Gasteiger charge is 2.24. The Balaban J connectivity index is 1.96. The van der Waals surface area contributed by atoms with Crippen molar-refractivity contribution >= 4 is 11.6 Å². The number of benzene rings is 1. The Hall–Kier alpha value is -0.680. The second kappa shape index (κ2) is 6.85. The quantitative estimate of drug-likeness (QED) is 0.923. The molecule has 1 saturated heterocycles. The molecule has 1 aromatic rings. The number of hydrogen-bond acceptors (Lipinski definition) is 3. The molecule has 2 unspecified atom stereocenters. The molecule has 1 aromatic carbocycles. The van der Waals surface area contributed by atoms with Crippen molar-refractivity contribution in [1.29, 1.82) is 0 Å². The first-order valence-electron chi connectivity index (χ1n) is 7.04. The lowest BCUT2D eigenvalue weighted by molar-refractivity contribution is 0.104. The van der Waals surface area contributed by atoms with Gasteiger partial charge >= 0.3 is 0 Å². The summed E-state index contributed by atoms with van der Waals surface area (Å²) in [6.45, 7) is 3.14. The number of piperazine rings is 1. The molecule has 112 valence electrons. The van der Waals surface area contributed by atoms with Crippen LogP contribution < -0.4 is 5.73 Å². The third-order valence-electron chi connectivity index (χ3n) is 4.08. The molecule has 2 rings (SSSR count). The summed E-state index contributed by atoms with van der Waals surface area (Å²) >= 11 is 6.05. The van der Waals surface area contributed by atoms with E-state index >= 15 is 0 Å². The molecule has 1 aliphatic rings. The maximum Gasteiger partial charge on any atom is 0.127 e. The molecule has 0 radical (unpaired) electrons. The number of rotatable bonds is 4. The van der Waals surface area contributed by atoms with Gasteiger partial charge in [0, 0.05) is 42.3 Å². The molecule has 0 spiro atoms. The molecule has 0 amide bonds. The van der Waals surface area contributed by atoms with E-state index in [2.05, 4.69) is 23.9 Å². The van der Waals surface area contributed by atoms with Crippen LogP contribution in [0.1, 0.15) is 12.0 Å². The molecule has 5 heteroatoms. The molecule has 2 atom stereocenters. The molecule has 20 heavy (non-hydrogen) atoms. The Morgan fingerprint density at radius 1 is 1.40 bits per heavy atom. The van der Waals surface area contributed by atoms with E-state index in [4.69, 9.17) is 17.3 Å². The van der Waals surface area contributed by atoms with Crippen molar-refractivity contribution in [2.24, 2.45) is 5.73 Å². The zero-order chi connectivity index (χ0) is 14.7. The Morgan fingerprint density at radius 3 is 2.85 bits per heavy atom. The SMILES string of the molecule is CN1CCN(C)C(CC(N)Cc2c(F)cccc2Cl)C1. The molecule has 1 fully saturated rings. The number of nitrogens with zero attached hydrogens (tertiary/aromatic N) is 2. The molecule has 0 bridgehead atoms. The summed E-state index contributed by atoms with van der Waals surface area (Å²) in [6, 6.07) is 5.12. The van der Waals surface area contributed by atoms with Crippen LogP contribution in [-0.2, 0) is 6.42 Å². The van der Waals surface area contributed by atoms with E-state index in [1.54, 1.807) is 12.1 Å². The fraction of sp³-hybridized carbons (Fsp3) is 0.600. The fourth-order valence-corrected chi connectivity index (χ4v) is 3.02. The second-order valence-electron chi connectivity index (χ2n) is 5.80. The topological polar surface area (TPSA) is 32.5 Å². The lowest BCUT2D eigenvalue weighted by atomic mass is 9.98. The summed E-state index contributed by atoms with van der Waals surface area (Å²) in [4.78, 5) is 4.65. The maximum atomic E-state index is 13.8. The summed E-state index contributed by atoms with van der Waals surface area (Å²) in [5.74, 6) is -0.262. The van der Waals surface area contributed by atoms with Crippen LogP contribution in [0.2, 0.25) is 5.02 Å². The smallest absolute Gasteiger partial charge is 0.127 e. The Labute approximate surface area is 125 Å². The minimum Gasteiger partial charge on any atom is -0.327 e. The van der Waals surface area contributed by atoms with Crippen LogP contribution in [0.25, 0.3) is 0 Å². The largest absolute Gasteiger partial charge is 0.327 e. The van der Waals surface area contributed by atoms with Crippen LogP contribution in [0.4, 0.5) is 4.39 Å². The fourth-order valence-electron chi connectivity index (χ4n) is 2.78. The average Bonchev–Trinajstić information content (AvgIpc) is 2.38. The van der Waals surface area contributed by atoms with E-state index in [1.807, 2.05) is 0 Å². The lowest BCUT2D eigenvalue weighted by Crippen LogP contribution is -2.51. The zero-order valence-corrected chi connectivity index (χ0v) is 12.9. The van der Waals surface area contributed by atoms with Gasteiger partial charge < -0.3 is 15.5 Å². The Kier molecular flexibility index (Phi) is 5.38. The van der Waals surface area contributed by atoms with Gasteiger partial charge in [0.15, 0.2) is 0 Å². The van der Waals surface area contributed by atoms with Gasteiger partial charge in [-0.25, -0.2) is 4.39 Å². The van der Waals surface area contributed by atoms with Gasteiger partial charge in [-0.2, -0.15) is 0 Å². The van der Waals surface area contributed by atoms with Crippen molar-refractivity contribution < 1.29 is 4.39 Å². The van der Waals surface area contributed by atoms with Crippen molar-refractivity contribution in [2.75, 3.05) is 33.7 Å². The van der Waals surface area contributed by atoms with Gasteiger partial charge in [-0.3, -0.25) is 0 Å². The molecule has 1 heterocycles. The number of likely N-dealkylation sites (N-methyl/N-ethyl adjacent to an activating group) is 2. The summed E-state index contributed by atoms with van der Waals surface area (Å²) in [7, 11) is 4.25. The first-order valence-corrected chi connectivity index (χ1v) is 7.42. The summed E-state index contributed by atoms with van der Waals surface area (Å²) in [6.07, 6.45) is 1.34. The Morgan fingerprint density at radius 2 is 2.15 bits per heavy atom. The van der Waals surface area contributed by atoms with Gasteiger partial charge in [0.1, 0.15) is 5.82 Å². The van der Waals surface area contributed by atoms with Crippen LogP contribution in [-0.4, -0.2) is 55.6 Å². The third-order valence-corrected chi connectivity index (χ3v) is 4.44. The van der Waals surface area contributed by atoms with Crippen molar-refractivity contribution in [3.05, 3.63) is 34.6 Å². The van der Waals surface area contributed by atoms with Gasteiger partial charge in [0.05, 0.1) is 0 Å². The van der Waals surface area contributed by atoms with Crippen LogP contribution in [0.15, 0.2) is 18.2 Å². The highest BCUT2D eigenvalue weighted by atomic mass is 35.5. The van der Waals surface area contributed by atoms with Crippen LogP contribution in [0, 0.1) is 5.82 Å². The van der Waals surface area contributed by atoms with Gasteiger partial charge in [-0.15, -0.1) is 0 Å². The van der Waals surface area contributed by atoms with Crippen molar-refractivity contribution in [3.63, 3.8) is 0 Å². The van der Waals surface area contributed by atoms with Crippen molar-refractivity contribution in [2.45, 2.75) is 24.9 Å². The summed E-state index contributed by atoms with van der Waals surface area (Å²) in [5.41, 5.74) is 6.75. The van der Waals surface area contributed by atoms with E-state index in [0.717, 1.165) is 26.1 Å². The van der Waals surface area contributed by atoms with E-state index < -0.39 is 0 Å². The van der Waals surface area contributed by atoms with Gasteiger partial charge in [0.25, 0.3) is 0 Å². The molecule has 3 nitrogen and oxygen atoms in total. The standard InChI is InChI=1S/C15H23ClFN3/c1-19-6-7-20(2)12(10-19)8-11(18)9-13-14(16)4-3-5-15(13)17/h3-5,11-12H,6-10,18H2,1-2H3. The molecule has 0 aliphatic carbocycles. The highest BCUT2D eigenvalue weighted by Crippen LogP contribution is 2.22. The second-order valence-corrected chi connectivity index (χ2v) is 6.20. The monoisotopic (exact) mass is 299 g/mol. The first-order chi connectivity index (χ1) is 9.47. The van der Waals surface area contributed by atoms with Gasteiger partial charge in [0.2, 0.25) is 0 Å². The van der Waals surface area contributed by atoms with E-state index in [0.29, 0.717) is 23.0 Å². The van der Waals surface area contributed by atoms with Crippen LogP contribution >= 0.6 is 11.6 Å². The molecule has 0 aromatic heterocycles. The molecule has 1 aliphatic heterocycles. The highest BCUT2D eigenvalue weighted by molar-refractivity contribution is 6.31. The van der Waals surface area contributed by atoms with Crippen molar-refractivity contribution in [3.8, 4) is 0 Å². The molecular weight excluding hydrogens is 277 g/mol. The van der Waals surface area contributed by atoms with E-state index in [1.165, 1.54) is 6.07 Å². The Bertz CT molecular complexity index is 434. The van der Waals surface area contributed by atoms with Crippen molar-refractivity contribution in [1.82, 2.24) is 9.80 Å². The minimum absolute atomic E-state index is 0.0802. The number of halogens is 2. The van der Waals surface area contributed by atoms with Gasteiger partial charge in [-0.1, -0.05) is 17.7 Å². The molecule has 0 saturated carbocycles. The maximum absolute atomic E-state index is 13.8. The van der Waals surface area contributed by atoms with E-state index in [-0.39, 0.29) is 11.9 Å². The predicted molar refractivity (Wildman–Crippen MR) is 81.6 cm³/mol. The third kappa shape index (κ3) is 3.92. The predicted octanol–water partition coefficient (Wildman–Crippen LogP) is 1.98.